The van der Waals surface area contributed by atoms with E-state index in [1.54, 1.807) is 0 Å². The minimum Gasteiger partial charge on any atom is -0.507 e. The highest BCUT2D eigenvalue weighted by Gasteiger charge is 2.28. The van der Waals surface area contributed by atoms with Crippen molar-refractivity contribution in [3.8, 4) is 5.75 Å². The number of benzene rings is 1. The molecular formula is C22H37NOS. The Hall–Kier alpha value is -0.670. The van der Waals surface area contributed by atoms with Gasteiger partial charge in [0.05, 0.1) is 5.37 Å². The van der Waals surface area contributed by atoms with Crippen molar-refractivity contribution in [2.75, 3.05) is 6.26 Å². The molecule has 1 aliphatic carbocycles. The molecular weight excluding hydrogens is 326 g/mol. The molecule has 0 bridgehead atoms. The molecule has 0 amide bonds. The van der Waals surface area contributed by atoms with Gasteiger partial charge in [-0.3, -0.25) is 5.32 Å². The van der Waals surface area contributed by atoms with E-state index in [1.165, 1.54) is 37.7 Å². The molecule has 0 saturated heterocycles. The van der Waals surface area contributed by atoms with Crippen molar-refractivity contribution < 1.29 is 5.11 Å². The van der Waals surface area contributed by atoms with Gasteiger partial charge in [0.25, 0.3) is 0 Å². The third-order valence-corrected chi connectivity index (χ3v) is 6.16. The molecule has 0 heterocycles. The number of nitrogens with one attached hydrogen (secondary N) is 1. The summed E-state index contributed by atoms with van der Waals surface area (Å²) in [5.41, 5.74) is 3.26. The van der Waals surface area contributed by atoms with Gasteiger partial charge in [0.15, 0.2) is 0 Å². The molecule has 2 nitrogen and oxygen atoms in total. The van der Waals surface area contributed by atoms with Crippen LogP contribution < -0.4 is 5.32 Å². The highest BCUT2D eigenvalue weighted by molar-refractivity contribution is 7.98. The van der Waals surface area contributed by atoms with Crippen LogP contribution in [0.1, 0.15) is 95.7 Å². The number of phenolic OH excluding ortho intramolecular Hbond substituents is 1. The third-order valence-electron chi connectivity index (χ3n) is 5.28. The van der Waals surface area contributed by atoms with Crippen LogP contribution in [0.5, 0.6) is 5.75 Å². The lowest BCUT2D eigenvalue weighted by molar-refractivity contribution is 0.368. The number of hydrogen-bond acceptors (Lipinski definition) is 3. The molecule has 1 atom stereocenters. The smallest absolute Gasteiger partial charge is 0.123 e. The second-order valence-corrected chi connectivity index (χ2v) is 10.5. The standard InChI is InChI=1S/C22H37NOS/c1-21(2,3)17-13-15(14-18(19(17)24)22(4,5)6)20(25-7)23-16-11-9-8-10-12-16/h13-14,16,20,23-24H,8-12H2,1-7H3. The molecule has 0 spiro atoms. The SMILES string of the molecule is CSC(NC1CCCCC1)c1cc(C(C)(C)C)c(O)c(C(C)(C)C)c1. The Labute approximate surface area is 159 Å². The fourth-order valence-corrected chi connectivity index (χ4v) is 4.47. The first kappa shape index (κ1) is 20.6. The summed E-state index contributed by atoms with van der Waals surface area (Å²) in [5, 5.41) is 15.1. The van der Waals surface area contributed by atoms with E-state index in [0.717, 1.165) is 11.1 Å². The molecule has 1 fully saturated rings. The Kier molecular flexibility index (Phi) is 6.54. The largest absolute Gasteiger partial charge is 0.507 e. The van der Waals surface area contributed by atoms with Crippen LogP contribution in [-0.2, 0) is 10.8 Å². The Morgan fingerprint density at radius 2 is 1.44 bits per heavy atom. The average molecular weight is 364 g/mol. The number of thioether (sulfide) groups is 1. The fourth-order valence-electron chi connectivity index (χ4n) is 3.74. The van der Waals surface area contributed by atoms with Crippen molar-refractivity contribution >= 4 is 11.8 Å². The first-order chi connectivity index (χ1) is 11.5. The lowest BCUT2D eigenvalue weighted by Crippen LogP contribution is -2.33. The molecule has 1 aromatic carbocycles. The van der Waals surface area contributed by atoms with Crippen LogP contribution in [0.15, 0.2) is 12.1 Å². The van der Waals surface area contributed by atoms with Crippen molar-refractivity contribution in [3.63, 3.8) is 0 Å². The lowest BCUT2D eigenvalue weighted by Gasteiger charge is -2.32. The van der Waals surface area contributed by atoms with E-state index in [4.69, 9.17) is 0 Å². The summed E-state index contributed by atoms with van der Waals surface area (Å²) in [6, 6.07) is 5.07. The second-order valence-electron chi connectivity index (χ2n) is 9.58. The first-order valence-corrected chi connectivity index (χ1v) is 11.0. The zero-order valence-corrected chi connectivity index (χ0v) is 18.0. The van der Waals surface area contributed by atoms with E-state index in [-0.39, 0.29) is 16.2 Å². The van der Waals surface area contributed by atoms with Crippen molar-refractivity contribution in [1.29, 1.82) is 0 Å². The Morgan fingerprint density at radius 3 is 1.84 bits per heavy atom. The van der Waals surface area contributed by atoms with Gasteiger partial charge in [-0.15, -0.1) is 11.8 Å². The van der Waals surface area contributed by atoms with E-state index in [0.29, 0.717) is 11.8 Å². The zero-order chi connectivity index (χ0) is 18.8. The number of aromatic hydroxyl groups is 1. The minimum atomic E-state index is -0.0755. The van der Waals surface area contributed by atoms with Crippen LogP contribution in [0.2, 0.25) is 0 Å². The highest BCUT2D eigenvalue weighted by Crippen LogP contribution is 2.42. The Morgan fingerprint density at radius 1 is 0.960 bits per heavy atom. The lowest BCUT2D eigenvalue weighted by atomic mass is 9.78. The normalized spacial score (nSPS) is 18.4. The van der Waals surface area contributed by atoms with Gasteiger partial charge >= 0.3 is 0 Å². The Bertz CT molecular complexity index is 542. The van der Waals surface area contributed by atoms with Gasteiger partial charge in [0.1, 0.15) is 5.75 Å². The topological polar surface area (TPSA) is 32.3 Å². The summed E-state index contributed by atoms with van der Waals surface area (Å²) in [4.78, 5) is 0. The number of hydrogen-bond donors (Lipinski definition) is 2. The maximum Gasteiger partial charge on any atom is 0.123 e. The molecule has 0 radical (unpaired) electrons. The number of phenols is 1. The Balaban J connectivity index is 2.43. The van der Waals surface area contributed by atoms with Crippen LogP contribution in [0.25, 0.3) is 0 Å². The summed E-state index contributed by atoms with van der Waals surface area (Å²) in [6.07, 6.45) is 8.81. The van der Waals surface area contributed by atoms with Gasteiger partial charge < -0.3 is 5.11 Å². The van der Waals surface area contributed by atoms with E-state index >= 15 is 0 Å². The van der Waals surface area contributed by atoms with Crippen molar-refractivity contribution in [2.45, 2.75) is 95.9 Å². The summed E-state index contributed by atoms with van der Waals surface area (Å²) < 4.78 is 0. The van der Waals surface area contributed by atoms with Gasteiger partial charge in [-0.25, -0.2) is 0 Å². The molecule has 2 N–H and O–H groups in total. The minimum absolute atomic E-state index is 0.0755. The monoisotopic (exact) mass is 363 g/mol. The van der Waals surface area contributed by atoms with Crippen molar-refractivity contribution in [2.24, 2.45) is 0 Å². The highest BCUT2D eigenvalue weighted by atomic mass is 32.2. The van der Waals surface area contributed by atoms with E-state index in [2.05, 4.69) is 65.2 Å². The molecule has 2 rings (SSSR count). The zero-order valence-electron chi connectivity index (χ0n) is 17.2. The average Bonchev–Trinajstić information content (AvgIpc) is 2.51. The molecule has 1 saturated carbocycles. The molecule has 0 aromatic heterocycles. The maximum atomic E-state index is 10.9. The van der Waals surface area contributed by atoms with E-state index in [9.17, 15) is 5.11 Å². The predicted molar refractivity (Wildman–Crippen MR) is 112 cm³/mol. The molecule has 142 valence electrons. The quantitative estimate of drug-likeness (QED) is 0.618. The molecule has 1 unspecified atom stereocenters. The van der Waals surface area contributed by atoms with Crippen LogP contribution in [0.3, 0.4) is 0 Å². The summed E-state index contributed by atoms with van der Waals surface area (Å²) in [5.74, 6) is 0.473. The molecule has 3 heteroatoms. The van der Waals surface area contributed by atoms with Crippen LogP contribution >= 0.6 is 11.8 Å². The summed E-state index contributed by atoms with van der Waals surface area (Å²) >= 11 is 1.87. The van der Waals surface area contributed by atoms with Crippen molar-refractivity contribution in [3.05, 3.63) is 28.8 Å². The van der Waals surface area contributed by atoms with E-state index in [1.807, 2.05) is 11.8 Å². The van der Waals surface area contributed by atoms with Gasteiger partial charge in [0, 0.05) is 6.04 Å². The van der Waals surface area contributed by atoms with Gasteiger partial charge in [-0.05, 0) is 58.8 Å². The predicted octanol–water partition coefficient (Wildman–Crippen LogP) is 6.27. The van der Waals surface area contributed by atoms with Gasteiger partial charge in [-0.1, -0.05) is 60.8 Å². The van der Waals surface area contributed by atoms with Gasteiger partial charge in [0.2, 0.25) is 0 Å². The van der Waals surface area contributed by atoms with Crippen LogP contribution in [0.4, 0.5) is 0 Å². The molecule has 1 aliphatic rings. The third kappa shape index (κ3) is 5.17. The van der Waals surface area contributed by atoms with Crippen LogP contribution in [0, 0.1) is 0 Å². The molecule has 1 aromatic rings. The van der Waals surface area contributed by atoms with Crippen LogP contribution in [-0.4, -0.2) is 17.4 Å². The summed E-state index contributed by atoms with van der Waals surface area (Å²) in [6.45, 7) is 13.1. The van der Waals surface area contributed by atoms with E-state index < -0.39 is 0 Å². The number of rotatable bonds is 4. The second kappa shape index (κ2) is 7.92. The molecule has 0 aliphatic heterocycles. The van der Waals surface area contributed by atoms with Crippen molar-refractivity contribution in [1.82, 2.24) is 5.32 Å². The summed E-state index contributed by atoms with van der Waals surface area (Å²) in [7, 11) is 0. The molecule has 25 heavy (non-hydrogen) atoms. The maximum absolute atomic E-state index is 10.9. The first-order valence-electron chi connectivity index (χ1n) is 9.70. The fraction of sp³-hybridized carbons (Fsp3) is 0.727. The van der Waals surface area contributed by atoms with Gasteiger partial charge in [-0.2, -0.15) is 0 Å².